The fourth-order valence-electron chi connectivity index (χ4n) is 2.32. The van der Waals surface area contributed by atoms with Crippen LogP contribution in [0.15, 0.2) is 6.07 Å². The van der Waals surface area contributed by atoms with Crippen molar-refractivity contribution in [3.8, 4) is 0 Å². The van der Waals surface area contributed by atoms with Crippen LogP contribution in [0.25, 0.3) is 0 Å². The molecule has 0 fully saturated rings. The van der Waals surface area contributed by atoms with E-state index < -0.39 is 0 Å². The molecule has 1 aromatic rings. The van der Waals surface area contributed by atoms with Crippen LogP contribution in [-0.2, 0) is 0 Å². The summed E-state index contributed by atoms with van der Waals surface area (Å²) in [6.07, 6.45) is 1.16. The molecule has 1 unspecified atom stereocenters. The van der Waals surface area contributed by atoms with Crippen molar-refractivity contribution in [2.24, 2.45) is 5.41 Å². The van der Waals surface area contributed by atoms with E-state index in [4.69, 9.17) is 5.10 Å². The second-order valence-corrected chi connectivity index (χ2v) is 6.15. The monoisotopic (exact) mass is 221 g/mol. The van der Waals surface area contributed by atoms with E-state index in [-0.39, 0.29) is 5.41 Å². The van der Waals surface area contributed by atoms with Crippen LogP contribution in [0.4, 0.5) is 5.82 Å². The van der Waals surface area contributed by atoms with Gasteiger partial charge in [-0.1, -0.05) is 34.6 Å². The van der Waals surface area contributed by atoms with Crippen molar-refractivity contribution in [3.05, 3.63) is 11.8 Å². The molecule has 0 spiro atoms. The Hall–Kier alpha value is -0.990. The first kappa shape index (κ1) is 11.5. The van der Waals surface area contributed by atoms with Gasteiger partial charge in [-0.2, -0.15) is 5.10 Å². The Morgan fingerprint density at radius 3 is 2.69 bits per heavy atom. The van der Waals surface area contributed by atoms with E-state index in [2.05, 4.69) is 50.7 Å². The number of hydrogen-bond donors (Lipinski definition) is 1. The predicted octanol–water partition coefficient (Wildman–Crippen LogP) is 3.41. The van der Waals surface area contributed by atoms with E-state index in [1.165, 1.54) is 11.5 Å². The molecule has 0 aromatic carbocycles. The maximum Gasteiger partial charge on any atom is 0.124 e. The molecular weight excluding hydrogens is 198 g/mol. The molecule has 3 nitrogen and oxygen atoms in total. The summed E-state index contributed by atoms with van der Waals surface area (Å²) in [4.78, 5) is 0. The SMILES string of the molecule is CC(C)c1cc2n(n1)C(C(C)(C)C)CCN2. The number of rotatable bonds is 1. The number of hydrogen-bond acceptors (Lipinski definition) is 2. The lowest BCUT2D eigenvalue weighted by molar-refractivity contribution is 0.209. The number of aromatic nitrogens is 2. The summed E-state index contributed by atoms with van der Waals surface area (Å²) in [5.41, 5.74) is 1.47. The highest BCUT2D eigenvalue weighted by atomic mass is 15.4. The third kappa shape index (κ3) is 1.95. The summed E-state index contributed by atoms with van der Waals surface area (Å²) in [6, 6.07) is 2.71. The molecule has 1 atom stereocenters. The van der Waals surface area contributed by atoms with Crippen LogP contribution < -0.4 is 5.32 Å². The standard InChI is InChI=1S/C13H23N3/c1-9(2)10-8-12-14-7-6-11(13(3,4)5)16(12)15-10/h8-9,11,14H,6-7H2,1-5H3. The smallest absolute Gasteiger partial charge is 0.124 e. The predicted molar refractivity (Wildman–Crippen MR) is 67.9 cm³/mol. The number of anilines is 1. The highest BCUT2D eigenvalue weighted by molar-refractivity contribution is 5.40. The van der Waals surface area contributed by atoms with Crippen LogP contribution in [0.1, 0.15) is 58.7 Å². The van der Waals surface area contributed by atoms with E-state index in [0.29, 0.717) is 12.0 Å². The van der Waals surface area contributed by atoms with Gasteiger partial charge in [-0.15, -0.1) is 0 Å². The lowest BCUT2D eigenvalue weighted by Crippen LogP contribution is -2.32. The summed E-state index contributed by atoms with van der Waals surface area (Å²) in [5, 5.41) is 8.19. The van der Waals surface area contributed by atoms with Crippen molar-refractivity contribution in [3.63, 3.8) is 0 Å². The average molecular weight is 221 g/mol. The largest absolute Gasteiger partial charge is 0.370 e. The minimum Gasteiger partial charge on any atom is -0.370 e. The molecule has 16 heavy (non-hydrogen) atoms. The zero-order chi connectivity index (χ0) is 11.9. The van der Waals surface area contributed by atoms with Crippen LogP contribution >= 0.6 is 0 Å². The van der Waals surface area contributed by atoms with Gasteiger partial charge in [0.1, 0.15) is 5.82 Å². The Morgan fingerprint density at radius 1 is 1.44 bits per heavy atom. The van der Waals surface area contributed by atoms with Gasteiger partial charge < -0.3 is 5.32 Å². The van der Waals surface area contributed by atoms with Crippen LogP contribution in [0, 0.1) is 5.41 Å². The van der Waals surface area contributed by atoms with Crippen molar-refractivity contribution in [2.45, 2.75) is 53.0 Å². The van der Waals surface area contributed by atoms with Gasteiger partial charge in [-0.05, 0) is 17.8 Å². The van der Waals surface area contributed by atoms with Crippen LogP contribution in [-0.4, -0.2) is 16.3 Å². The minimum absolute atomic E-state index is 0.275. The van der Waals surface area contributed by atoms with E-state index in [1.807, 2.05) is 0 Å². The fourth-order valence-corrected chi connectivity index (χ4v) is 2.32. The third-order valence-corrected chi connectivity index (χ3v) is 3.36. The molecule has 3 heteroatoms. The quantitative estimate of drug-likeness (QED) is 0.787. The third-order valence-electron chi connectivity index (χ3n) is 3.36. The van der Waals surface area contributed by atoms with Gasteiger partial charge in [0.05, 0.1) is 11.7 Å². The summed E-state index contributed by atoms with van der Waals surface area (Å²) in [7, 11) is 0. The normalized spacial score (nSPS) is 20.8. The zero-order valence-corrected chi connectivity index (χ0v) is 11.0. The molecule has 1 aromatic heterocycles. The van der Waals surface area contributed by atoms with Crippen molar-refractivity contribution >= 4 is 5.82 Å². The maximum atomic E-state index is 4.75. The number of nitrogens with one attached hydrogen (secondary N) is 1. The molecule has 0 saturated heterocycles. The molecule has 1 aliphatic heterocycles. The first-order valence-corrected chi connectivity index (χ1v) is 6.23. The average Bonchev–Trinajstić information content (AvgIpc) is 2.58. The van der Waals surface area contributed by atoms with E-state index in [0.717, 1.165) is 13.0 Å². The highest BCUT2D eigenvalue weighted by Gasteiger charge is 2.31. The molecule has 2 heterocycles. The van der Waals surface area contributed by atoms with Gasteiger partial charge in [0, 0.05) is 12.6 Å². The van der Waals surface area contributed by atoms with Gasteiger partial charge in [0.15, 0.2) is 0 Å². The van der Waals surface area contributed by atoms with Crippen molar-refractivity contribution in [2.75, 3.05) is 11.9 Å². The summed E-state index contributed by atoms with van der Waals surface area (Å²) >= 11 is 0. The number of fused-ring (bicyclic) bond motifs is 1. The van der Waals surface area contributed by atoms with Gasteiger partial charge in [0.25, 0.3) is 0 Å². The van der Waals surface area contributed by atoms with E-state index in [9.17, 15) is 0 Å². The summed E-state index contributed by atoms with van der Waals surface area (Å²) < 4.78 is 2.19. The van der Waals surface area contributed by atoms with Gasteiger partial charge in [-0.25, -0.2) is 4.68 Å². The summed E-state index contributed by atoms with van der Waals surface area (Å²) in [6.45, 7) is 12.3. The number of nitrogens with zero attached hydrogens (tertiary/aromatic N) is 2. The van der Waals surface area contributed by atoms with E-state index in [1.54, 1.807) is 0 Å². The maximum absolute atomic E-state index is 4.75. The molecule has 1 aliphatic rings. The molecule has 2 rings (SSSR count). The lowest BCUT2D eigenvalue weighted by Gasteiger charge is -2.35. The van der Waals surface area contributed by atoms with Crippen molar-refractivity contribution in [1.82, 2.24) is 9.78 Å². The van der Waals surface area contributed by atoms with Gasteiger partial charge in [-0.3, -0.25) is 0 Å². The zero-order valence-electron chi connectivity index (χ0n) is 11.0. The summed E-state index contributed by atoms with van der Waals surface area (Å²) in [5.74, 6) is 1.69. The second kappa shape index (κ2) is 3.79. The van der Waals surface area contributed by atoms with Gasteiger partial charge >= 0.3 is 0 Å². The molecule has 0 bridgehead atoms. The van der Waals surface area contributed by atoms with Crippen LogP contribution in [0.5, 0.6) is 0 Å². The second-order valence-electron chi connectivity index (χ2n) is 6.15. The Morgan fingerprint density at radius 2 is 2.12 bits per heavy atom. The molecule has 1 N–H and O–H groups in total. The highest BCUT2D eigenvalue weighted by Crippen LogP contribution is 2.38. The Bertz CT molecular complexity index is 371. The van der Waals surface area contributed by atoms with Crippen molar-refractivity contribution < 1.29 is 0 Å². The Balaban J connectivity index is 2.38. The molecule has 0 aliphatic carbocycles. The first-order valence-electron chi connectivity index (χ1n) is 6.23. The molecular formula is C13H23N3. The first-order chi connectivity index (χ1) is 7.39. The fraction of sp³-hybridized carbons (Fsp3) is 0.769. The molecule has 0 amide bonds. The lowest BCUT2D eigenvalue weighted by atomic mass is 9.84. The minimum atomic E-state index is 0.275. The van der Waals surface area contributed by atoms with E-state index >= 15 is 0 Å². The van der Waals surface area contributed by atoms with Crippen molar-refractivity contribution in [1.29, 1.82) is 0 Å². The molecule has 0 radical (unpaired) electrons. The van der Waals surface area contributed by atoms with Crippen LogP contribution in [0.3, 0.4) is 0 Å². The Labute approximate surface area is 98.2 Å². The van der Waals surface area contributed by atoms with Crippen LogP contribution in [0.2, 0.25) is 0 Å². The molecule has 90 valence electrons. The van der Waals surface area contributed by atoms with Gasteiger partial charge in [0.2, 0.25) is 0 Å². The molecule has 0 saturated carbocycles. The Kier molecular flexibility index (Phi) is 2.72. The topological polar surface area (TPSA) is 29.9 Å².